The molecule has 0 unspecified atom stereocenters. The molecule has 0 amide bonds. The van der Waals surface area contributed by atoms with Crippen molar-refractivity contribution >= 4 is 10.0 Å². The van der Waals surface area contributed by atoms with Gasteiger partial charge in [-0.05, 0) is 13.0 Å². The molecule has 0 saturated carbocycles. The van der Waals surface area contributed by atoms with Crippen LogP contribution in [0.4, 0.5) is 4.39 Å². The average Bonchev–Trinajstić information content (AvgIpc) is 2.43. The van der Waals surface area contributed by atoms with Crippen molar-refractivity contribution in [3.05, 3.63) is 64.0 Å². The van der Waals surface area contributed by atoms with Crippen LogP contribution in [0.1, 0.15) is 11.3 Å². The first-order valence-electron chi connectivity index (χ1n) is 7.33. The van der Waals surface area contributed by atoms with E-state index in [0.717, 1.165) is 0 Å². The van der Waals surface area contributed by atoms with Crippen molar-refractivity contribution in [1.29, 1.82) is 0 Å². The van der Waals surface area contributed by atoms with E-state index in [2.05, 4.69) is 0 Å². The Morgan fingerprint density at radius 2 is 2.00 bits per heavy atom. The van der Waals surface area contributed by atoms with E-state index in [0.29, 0.717) is 11.5 Å². The van der Waals surface area contributed by atoms with E-state index < -0.39 is 21.5 Å². The number of sulfonamides is 1. The van der Waals surface area contributed by atoms with Gasteiger partial charge in [-0.15, -0.1) is 0 Å². The molecule has 1 aliphatic heterocycles. The molecular weight excluding hydrogens is 337 g/mol. The molecule has 0 N–H and O–H groups in total. The normalized spacial score (nSPS) is 15.9. The molecule has 2 heterocycles. The van der Waals surface area contributed by atoms with Crippen molar-refractivity contribution in [2.45, 2.75) is 18.8 Å². The zero-order valence-corrected chi connectivity index (χ0v) is 13.8. The Bertz CT molecular complexity index is 903. The van der Waals surface area contributed by atoms with E-state index in [-0.39, 0.29) is 30.5 Å². The van der Waals surface area contributed by atoms with Crippen LogP contribution < -0.4 is 10.4 Å². The van der Waals surface area contributed by atoms with Crippen LogP contribution in [0.5, 0.6) is 5.75 Å². The van der Waals surface area contributed by atoms with Crippen LogP contribution in [0.2, 0.25) is 0 Å². The van der Waals surface area contributed by atoms with E-state index in [1.165, 1.54) is 28.6 Å². The second-order valence-electron chi connectivity index (χ2n) is 5.63. The third-order valence-electron chi connectivity index (χ3n) is 3.67. The number of hydrogen-bond acceptors (Lipinski definition) is 5. The summed E-state index contributed by atoms with van der Waals surface area (Å²) >= 11 is 0. The lowest BCUT2D eigenvalue weighted by Gasteiger charge is -2.37. The van der Waals surface area contributed by atoms with Gasteiger partial charge in [0.1, 0.15) is 23.4 Å². The molecule has 2 aromatic rings. The Morgan fingerprint density at radius 1 is 1.29 bits per heavy atom. The van der Waals surface area contributed by atoms with E-state index in [1.54, 1.807) is 19.1 Å². The maximum absolute atomic E-state index is 13.6. The maximum Gasteiger partial charge on any atom is 0.339 e. The molecule has 0 bridgehead atoms. The maximum atomic E-state index is 13.6. The van der Waals surface area contributed by atoms with Gasteiger partial charge in [0.25, 0.3) is 0 Å². The average molecular weight is 353 g/mol. The van der Waals surface area contributed by atoms with E-state index in [4.69, 9.17) is 9.15 Å². The van der Waals surface area contributed by atoms with Gasteiger partial charge in [0, 0.05) is 11.6 Å². The zero-order chi connectivity index (χ0) is 17.3. The first-order chi connectivity index (χ1) is 11.3. The van der Waals surface area contributed by atoms with Gasteiger partial charge < -0.3 is 9.15 Å². The van der Waals surface area contributed by atoms with E-state index in [9.17, 15) is 17.6 Å². The van der Waals surface area contributed by atoms with Crippen molar-refractivity contribution in [2.75, 3.05) is 13.1 Å². The van der Waals surface area contributed by atoms with Crippen LogP contribution in [0, 0.1) is 12.7 Å². The largest absolute Gasteiger partial charge is 0.487 e. The number of halogens is 1. The molecule has 3 rings (SSSR count). The van der Waals surface area contributed by atoms with Crippen LogP contribution in [0.3, 0.4) is 0 Å². The summed E-state index contributed by atoms with van der Waals surface area (Å²) in [4.78, 5) is 11.3. The Balaban J connectivity index is 1.61. The highest BCUT2D eigenvalue weighted by Crippen LogP contribution is 2.23. The summed E-state index contributed by atoms with van der Waals surface area (Å²) in [6, 6.07) is 8.57. The van der Waals surface area contributed by atoms with Crippen molar-refractivity contribution in [3.63, 3.8) is 0 Å². The quantitative estimate of drug-likeness (QED) is 0.817. The Labute approximate surface area is 138 Å². The SMILES string of the molecule is Cc1cc(OC2CN(S(=O)(=O)Cc3ccccc3F)C2)cc(=O)o1. The number of benzene rings is 1. The summed E-state index contributed by atoms with van der Waals surface area (Å²) in [6.45, 7) is 1.95. The molecule has 1 aromatic heterocycles. The minimum atomic E-state index is -3.61. The summed E-state index contributed by atoms with van der Waals surface area (Å²) in [6.07, 6.45) is -0.346. The van der Waals surface area contributed by atoms with Gasteiger partial charge in [0.2, 0.25) is 10.0 Å². The third kappa shape index (κ3) is 3.65. The fraction of sp³-hybridized carbons (Fsp3) is 0.312. The van der Waals surface area contributed by atoms with Crippen LogP contribution in [0.25, 0.3) is 0 Å². The smallest absolute Gasteiger partial charge is 0.339 e. The summed E-state index contributed by atoms with van der Waals surface area (Å²) in [5.41, 5.74) is -0.383. The lowest BCUT2D eigenvalue weighted by molar-refractivity contribution is 0.0753. The third-order valence-corrected chi connectivity index (χ3v) is 5.43. The summed E-state index contributed by atoms with van der Waals surface area (Å²) < 4.78 is 49.8. The monoisotopic (exact) mass is 353 g/mol. The number of nitrogens with zero attached hydrogens (tertiary/aromatic N) is 1. The second-order valence-corrected chi connectivity index (χ2v) is 7.60. The number of ether oxygens (including phenoxy) is 1. The molecule has 1 saturated heterocycles. The molecule has 8 heteroatoms. The first kappa shape index (κ1) is 16.7. The predicted molar refractivity (Wildman–Crippen MR) is 84.7 cm³/mol. The van der Waals surface area contributed by atoms with Crippen molar-refractivity contribution < 1.29 is 22.0 Å². The Kier molecular flexibility index (Phi) is 4.42. The highest BCUT2D eigenvalue weighted by atomic mass is 32.2. The van der Waals surface area contributed by atoms with Crippen molar-refractivity contribution in [2.24, 2.45) is 0 Å². The second kappa shape index (κ2) is 6.37. The fourth-order valence-corrected chi connectivity index (χ4v) is 4.04. The lowest BCUT2D eigenvalue weighted by atomic mass is 10.2. The molecule has 1 aliphatic rings. The van der Waals surface area contributed by atoms with Gasteiger partial charge in [-0.2, -0.15) is 4.31 Å². The molecule has 1 fully saturated rings. The van der Waals surface area contributed by atoms with Gasteiger partial charge in [-0.3, -0.25) is 0 Å². The first-order valence-corrected chi connectivity index (χ1v) is 8.94. The van der Waals surface area contributed by atoms with Gasteiger partial charge in [-0.1, -0.05) is 18.2 Å². The Hall–Kier alpha value is -2.19. The molecule has 0 atom stereocenters. The highest BCUT2D eigenvalue weighted by Gasteiger charge is 2.37. The number of hydrogen-bond donors (Lipinski definition) is 0. The minimum absolute atomic E-state index is 0.137. The molecule has 24 heavy (non-hydrogen) atoms. The van der Waals surface area contributed by atoms with Crippen LogP contribution >= 0.6 is 0 Å². The molecular formula is C16H16FNO5S. The van der Waals surface area contributed by atoms with Crippen LogP contribution in [0.15, 0.2) is 45.6 Å². The summed E-state index contributed by atoms with van der Waals surface area (Å²) in [5, 5.41) is 0. The lowest BCUT2D eigenvalue weighted by Crippen LogP contribution is -2.56. The standard InChI is InChI=1S/C16H16FNO5S/c1-11-6-13(7-16(19)22-11)23-14-8-18(9-14)24(20,21)10-12-4-2-3-5-15(12)17/h2-7,14H,8-10H2,1H3. The van der Waals surface area contributed by atoms with Gasteiger partial charge in [0.05, 0.1) is 24.9 Å². The van der Waals surface area contributed by atoms with Crippen LogP contribution in [-0.4, -0.2) is 31.9 Å². The van der Waals surface area contributed by atoms with Gasteiger partial charge in [0.15, 0.2) is 0 Å². The molecule has 0 spiro atoms. The molecule has 128 valence electrons. The topological polar surface area (TPSA) is 76.8 Å². The van der Waals surface area contributed by atoms with E-state index in [1.807, 2.05) is 0 Å². The van der Waals surface area contributed by atoms with Crippen molar-refractivity contribution in [1.82, 2.24) is 4.31 Å². The Morgan fingerprint density at radius 3 is 2.67 bits per heavy atom. The highest BCUT2D eigenvalue weighted by molar-refractivity contribution is 7.88. The number of rotatable bonds is 5. The zero-order valence-electron chi connectivity index (χ0n) is 12.9. The summed E-state index contributed by atoms with van der Waals surface area (Å²) in [5.74, 6) is -0.165. The van der Waals surface area contributed by atoms with Crippen molar-refractivity contribution in [3.8, 4) is 5.75 Å². The molecule has 6 nitrogen and oxygen atoms in total. The molecule has 1 aromatic carbocycles. The number of aryl methyl sites for hydroxylation is 1. The van der Waals surface area contributed by atoms with Gasteiger partial charge in [-0.25, -0.2) is 17.6 Å². The molecule has 0 aliphatic carbocycles. The van der Waals surface area contributed by atoms with Gasteiger partial charge >= 0.3 is 5.63 Å². The fourth-order valence-electron chi connectivity index (χ4n) is 2.44. The summed E-state index contributed by atoms with van der Waals surface area (Å²) in [7, 11) is -3.61. The van der Waals surface area contributed by atoms with E-state index >= 15 is 0 Å². The van der Waals surface area contributed by atoms with Crippen LogP contribution in [-0.2, 0) is 15.8 Å². The minimum Gasteiger partial charge on any atom is -0.487 e. The molecule has 0 radical (unpaired) electrons. The predicted octanol–water partition coefficient (Wildman–Crippen LogP) is 1.68.